The van der Waals surface area contributed by atoms with Crippen LogP contribution in [0.5, 0.6) is 0 Å². The van der Waals surface area contributed by atoms with Crippen molar-refractivity contribution in [1.82, 2.24) is 4.90 Å². The van der Waals surface area contributed by atoms with Crippen molar-refractivity contribution in [2.24, 2.45) is 0 Å². The van der Waals surface area contributed by atoms with Gasteiger partial charge in [0.1, 0.15) is 0 Å². The second-order valence-electron chi connectivity index (χ2n) is 9.20. The second-order valence-corrected chi connectivity index (χ2v) is 23.9. The molecule has 166 valence electrons. The zero-order valence-electron chi connectivity index (χ0n) is 20.4. The SMILES string of the molecule is CCC[CH2][Sn]([CH2]CCC)([CH2]CCC)[CH](C)/C=C(\C)OC(=O)N(C(C)C)C(C)C. The van der Waals surface area contributed by atoms with Gasteiger partial charge in [-0.25, -0.2) is 0 Å². The summed E-state index contributed by atoms with van der Waals surface area (Å²) < 4.78 is 10.9. The number of amides is 1. The third kappa shape index (κ3) is 9.54. The first-order valence-electron chi connectivity index (χ1n) is 11.8. The van der Waals surface area contributed by atoms with Crippen molar-refractivity contribution >= 4 is 24.5 Å². The van der Waals surface area contributed by atoms with E-state index in [-0.39, 0.29) is 18.2 Å². The normalized spacial score (nSPS) is 13.9. The molecule has 28 heavy (non-hydrogen) atoms. The molecular formula is C24H49NO2Sn. The molecule has 1 atom stereocenters. The van der Waals surface area contributed by atoms with Crippen molar-refractivity contribution in [2.75, 3.05) is 0 Å². The summed E-state index contributed by atoms with van der Waals surface area (Å²) in [7, 11) is 0. The quantitative estimate of drug-likeness (QED) is 0.176. The summed E-state index contributed by atoms with van der Waals surface area (Å²) >= 11 is -2.33. The molecule has 0 radical (unpaired) electrons. The van der Waals surface area contributed by atoms with Gasteiger partial charge in [-0.15, -0.1) is 0 Å². The molecule has 0 aliphatic rings. The van der Waals surface area contributed by atoms with Crippen molar-refractivity contribution < 1.29 is 9.53 Å². The van der Waals surface area contributed by atoms with Crippen LogP contribution in [0.25, 0.3) is 0 Å². The molecule has 1 unspecified atom stereocenters. The fourth-order valence-corrected chi connectivity index (χ4v) is 21.2. The maximum atomic E-state index is 12.7. The van der Waals surface area contributed by atoms with Crippen LogP contribution in [-0.4, -0.2) is 41.5 Å². The van der Waals surface area contributed by atoms with Crippen LogP contribution < -0.4 is 0 Å². The summed E-state index contributed by atoms with van der Waals surface area (Å²) in [5.74, 6) is 0.800. The molecule has 0 saturated carbocycles. The van der Waals surface area contributed by atoms with Gasteiger partial charge in [-0.05, 0) is 0 Å². The molecule has 1 amide bonds. The third-order valence-electron chi connectivity index (χ3n) is 6.11. The third-order valence-corrected chi connectivity index (χ3v) is 23.6. The van der Waals surface area contributed by atoms with Crippen LogP contribution in [-0.2, 0) is 4.74 Å². The number of ether oxygens (including phenoxy) is 1. The van der Waals surface area contributed by atoms with Gasteiger partial charge in [0.2, 0.25) is 0 Å². The van der Waals surface area contributed by atoms with Gasteiger partial charge in [0, 0.05) is 0 Å². The summed E-state index contributed by atoms with van der Waals surface area (Å²) in [5, 5.41) is 0. The molecule has 0 bridgehead atoms. The van der Waals surface area contributed by atoms with Crippen molar-refractivity contribution in [3.63, 3.8) is 0 Å². The number of rotatable bonds is 14. The van der Waals surface area contributed by atoms with Crippen molar-refractivity contribution in [3.05, 3.63) is 11.8 Å². The van der Waals surface area contributed by atoms with Gasteiger partial charge in [0.25, 0.3) is 0 Å². The van der Waals surface area contributed by atoms with E-state index >= 15 is 0 Å². The van der Waals surface area contributed by atoms with E-state index in [0.717, 1.165) is 5.76 Å². The molecule has 0 heterocycles. The molecule has 3 nitrogen and oxygen atoms in total. The Morgan fingerprint density at radius 1 is 0.857 bits per heavy atom. The molecule has 0 N–H and O–H groups in total. The van der Waals surface area contributed by atoms with E-state index < -0.39 is 18.4 Å². The standard InChI is InChI=1S/C12H22NO2.3C4H9.Sn/c1-7-8-11(6)15-12(14)13(9(2)3)10(4)5;3*1-3-4-2;/h7-10H,1-6H3;3*1,3-4H2,2H3;/b11-8+;;;;. The molecule has 0 aliphatic heterocycles. The van der Waals surface area contributed by atoms with Gasteiger partial charge in [0.15, 0.2) is 0 Å². The van der Waals surface area contributed by atoms with Crippen LogP contribution in [0, 0.1) is 0 Å². The summed E-state index contributed by atoms with van der Waals surface area (Å²) in [5.41, 5.74) is 0. The number of hydrogen-bond acceptors (Lipinski definition) is 2. The first kappa shape index (κ1) is 27.8. The van der Waals surface area contributed by atoms with Gasteiger partial charge in [-0.3, -0.25) is 0 Å². The average Bonchev–Trinajstić information content (AvgIpc) is 2.60. The van der Waals surface area contributed by atoms with Crippen molar-refractivity contribution in [1.29, 1.82) is 0 Å². The van der Waals surface area contributed by atoms with E-state index in [1.54, 1.807) is 0 Å². The summed E-state index contributed by atoms with van der Waals surface area (Å²) in [6, 6.07) is 0.296. The van der Waals surface area contributed by atoms with Gasteiger partial charge in [-0.1, -0.05) is 0 Å². The average molecular weight is 502 g/mol. The Morgan fingerprint density at radius 3 is 1.57 bits per heavy atom. The molecule has 4 heteroatoms. The first-order valence-corrected chi connectivity index (χ1v) is 19.5. The minimum atomic E-state index is -2.33. The Balaban J connectivity index is 5.46. The van der Waals surface area contributed by atoms with Crippen molar-refractivity contribution in [2.45, 2.75) is 130 Å². The second kappa shape index (κ2) is 14.7. The molecule has 0 spiro atoms. The molecule has 0 saturated heterocycles. The van der Waals surface area contributed by atoms with E-state index in [4.69, 9.17) is 4.74 Å². The number of allylic oxidation sites excluding steroid dienone is 2. The Labute approximate surface area is 180 Å². The van der Waals surface area contributed by atoms with Crippen LogP contribution in [0.1, 0.15) is 101 Å². The zero-order chi connectivity index (χ0) is 21.7. The molecule has 0 aliphatic carbocycles. The summed E-state index contributed by atoms with van der Waals surface area (Å²) in [6.45, 7) is 19.5. The van der Waals surface area contributed by atoms with Crippen LogP contribution in [0.3, 0.4) is 0 Å². The van der Waals surface area contributed by atoms with E-state index in [1.165, 1.54) is 51.8 Å². The Morgan fingerprint density at radius 2 is 1.25 bits per heavy atom. The van der Waals surface area contributed by atoms with Crippen LogP contribution in [0.4, 0.5) is 4.79 Å². The predicted molar refractivity (Wildman–Crippen MR) is 127 cm³/mol. The predicted octanol–water partition coefficient (Wildman–Crippen LogP) is 8.38. The number of carbonyl (C=O) groups excluding carboxylic acids is 1. The number of nitrogens with zero attached hydrogens (tertiary/aromatic N) is 1. The monoisotopic (exact) mass is 503 g/mol. The van der Waals surface area contributed by atoms with E-state index in [1.807, 2.05) is 39.5 Å². The molecule has 0 fully saturated rings. The number of hydrogen-bond donors (Lipinski definition) is 0. The minimum absolute atomic E-state index is 0.148. The van der Waals surface area contributed by atoms with Gasteiger partial charge in [0.05, 0.1) is 0 Å². The number of unbranched alkanes of at least 4 members (excludes halogenated alkanes) is 3. The maximum absolute atomic E-state index is 12.7. The fraction of sp³-hybridized carbons (Fsp3) is 0.875. The first-order chi connectivity index (χ1) is 13.1. The molecule has 0 aromatic rings. The molecule has 0 aromatic carbocycles. The summed E-state index contributed by atoms with van der Waals surface area (Å²) in [4.78, 5) is 14.5. The molecule has 0 aromatic heterocycles. The zero-order valence-corrected chi connectivity index (χ0v) is 23.3. The van der Waals surface area contributed by atoms with Gasteiger partial charge < -0.3 is 0 Å². The van der Waals surface area contributed by atoms with Gasteiger partial charge in [-0.2, -0.15) is 0 Å². The Kier molecular flexibility index (Phi) is 14.6. The Bertz CT molecular complexity index is 430. The van der Waals surface area contributed by atoms with E-state index in [0.29, 0.717) is 3.93 Å². The van der Waals surface area contributed by atoms with Crippen LogP contribution >= 0.6 is 0 Å². The fourth-order valence-electron chi connectivity index (χ4n) is 4.42. The molecular weight excluding hydrogens is 453 g/mol. The number of carbonyl (C=O) groups is 1. The van der Waals surface area contributed by atoms with Crippen molar-refractivity contribution in [3.8, 4) is 0 Å². The Hall–Kier alpha value is -0.191. The molecule has 0 rings (SSSR count). The topological polar surface area (TPSA) is 29.5 Å². The van der Waals surface area contributed by atoms with Crippen LogP contribution in [0.15, 0.2) is 11.8 Å². The van der Waals surface area contributed by atoms with Gasteiger partial charge >= 0.3 is 181 Å². The van der Waals surface area contributed by atoms with E-state index in [9.17, 15) is 4.79 Å². The van der Waals surface area contributed by atoms with E-state index in [2.05, 4.69) is 33.8 Å². The summed E-state index contributed by atoms with van der Waals surface area (Å²) in [6.07, 6.45) is 10.1. The van der Waals surface area contributed by atoms with Crippen LogP contribution in [0.2, 0.25) is 17.2 Å².